The molecule has 318 valence electrons. The van der Waals surface area contributed by atoms with E-state index in [9.17, 15) is 32.3 Å². The number of hydrogen-bond acceptors (Lipinski definition) is 9. The Kier molecular flexibility index (Phi) is 14.3. The fraction of sp³-hybridized carbons (Fsp3) is 0.610. The minimum atomic E-state index is -4.79. The number of esters is 1. The maximum atomic E-state index is 14.2. The number of ether oxygens (including phenoxy) is 2. The van der Waals surface area contributed by atoms with Gasteiger partial charge < -0.3 is 40.1 Å². The molecule has 2 aromatic rings. The number of urea groups is 1. The van der Waals surface area contributed by atoms with Crippen LogP contribution in [0.1, 0.15) is 55.2 Å². The quantitative estimate of drug-likeness (QED) is 0.219. The first-order valence-corrected chi connectivity index (χ1v) is 20.6. The monoisotopic (exact) mass is 833 g/mol. The third kappa shape index (κ3) is 11.1. The van der Waals surface area contributed by atoms with Crippen LogP contribution < -0.4 is 11.1 Å². The fourth-order valence-corrected chi connectivity index (χ4v) is 8.90. The smallest absolute Gasteiger partial charge is 0.418 e. The highest BCUT2D eigenvalue weighted by molar-refractivity contribution is 6.33. The van der Waals surface area contributed by atoms with Crippen molar-refractivity contribution in [2.75, 3.05) is 90.7 Å². The molecule has 1 atom stereocenters. The Hall–Kier alpha value is -4.28. The van der Waals surface area contributed by atoms with E-state index in [0.717, 1.165) is 56.1 Å². The minimum Gasteiger partial charge on any atom is -0.463 e. The van der Waals surface area contributed by atoms with E-state index in [0.29, 0.717) is 63.9 Å². The van der Waals surface area contributed by atoms with Crippen LogP contribution in [0.2, 0.25) is 5.02 Å². The van der Waals surface area contributed by atoms with Crippen molar-refractivity contribution < 1.29 is 41.8 Å². The maximum absolute atomic E-state index is 14.2. The topological polar surface area (TPSA) is 141 Å². The number of carbonyl (C=O) groups excluding carboxylic acids is 4. The molecule has 0 spiro atoms. The normalized spacial score (nSPS) is 19.7. The summed E-state index contributed by atoms with van der Waals surface area (Å²) in [5.74, 6) is 0.0947. The number of nitrogens with one attached hydrogen (secondary N) is 1. The predicted octanol–water partition coefficient (Wildman–Crippen LogP) is 5.60. The molecule has 6 rings (SSSR count). The van der Waals surface area contributed by atoms with Gasteiger partial charge in [-0.1, -0.05) is 29.8 Å². The third-order valence-electron chi connectivity index (χ3n) is 12.0. The SMILES string of the molecule is CN(C)CCOC(=O)CN1CCC(C2CCN(C(=O)[C@@H](Cc3cc(Cl)c(N)c(C(F)(F)F)c3)OC(=O)N3CCC(N4CCc5ccccc5NC4=O)CC3)CC2)CC1. The zero-order valence-electron chi connectivity index (χ0n) is 33.3. The second kappa shape index (κ2) is 19.2. The van der Waals surface area contributed by atoms with Crippen LogP contribution >= 0.6 is 11.6 Å². The second-order valence-electron chi connectivity index (χ2n) is 16.2. The van der Waals surface area contributed by atoms with Crippen molar-refractivity contribution in [1.82, 2.24) is 24.5 Å². The predicted molar refractivity (Wildman–Crippen MR) is 213 cm³/mol. The summed E-state index contributed by atoms with van der Waals surface area (Å²) in [5, 5.41) is 2.68. The van der Waals surface area contributed by atoms with E-state index in [-0.39, 0.29) is 54.7 Å². The van der Waals surface area contributed by atoms with Crippen LogP contribution in [-0.4, -0.2) is 140 Å². The Morgan fingerprint density at radius 3 is 2.22 bits per heavy atom. The van der Waals surface area contributed by atoms with Gasteiger partial charge in [-0.3, -0.25) is 14.5 Å². The highest BCUT2D eigenvalue weighted by Crippen LogP contribution is 2.39. The van der Waals surface area contributed by atoms with Crippen LogP contribution in [0.15, 0.2) is 36.4 Å². The minimum absolute atomic E-state index is 0.0628. The van der Waals surface area contributed by atoms with Crippen LogP contribution in [0.25, 0.3) is 0 Å². The van der Waals surface area contributed by atoms with Crippen molar-refractivity contribution in [3.8, 4) is 0 Å². The summed E-state index contributed by atoms with van der Waals surface area (Å²) < 4.78 is 53.0. The van der Waals surface area contributed by atoms with Crippen LogP contribution in [0, 0.1) is 11.8 Å². The molecule has 4 aliphatic rings. The number of piperidine rings is 3. The molecule has 58 heavy (non-hydrogen) atoms. The number of nitrogens with two attached hydrogens (primary N) is 1. The summed E-state index contributed by atoms with van der Waals surface area (Å²) in [4.78, 5) is 62.3. The van der Waals surface area contributed by atoms with Crippen molar-refractivity contribution in [3.63, 3.8) is 0 Å². The lowest BCUT2D eigenvalue weighted by Crippen LogP contribution is -2.52. The van der Waals surface area contributed by atoms with E-state index in [4.69, 9.17) is 26.8 Å². The lowest BCUT2D eigenvalue weighted by atomic mass is 9.78. The second-order valence-corrected chi connectivity index (χ2v) is 16.6. The lowest BCUT2D eigenvalue weighted by molar-refractivity contribution is -0.145. The number of likely N-dealkylation sites (tertiary alicyclic amines) is 3. The van der Waals surface area contributed by atoms with E-state index in [1.165, 1.54) is 11.0 Å². The maximum Gasteiger partial charge on any atom is 0.418 e. The molecule has 0 unspecified atom stereocenters. The molecule has 2 aromatic carbocycles. The van der Waals surface area contributed by atoms with Gasteiger partial charge >= 0.3 is 24.3 Å². The standard InChI is InChI=1S/C41H55ClF3N7O6/c1-48(2)21-22-57-36(53)26-49-14-7-28(8-15-49)29-9-16-50(17-10-29)38(54)35(25-27-23-32(41(43,44)45)37(46)33(42)24-27)58-40(56)51-18-12-31(13-19-51)52-20-11-30-5-3-4-6-34(30)47-39(52)55/h3-6,23-24,28-29,31,35H,7-22,25-26,46H2,1-2H3,(H,47,55)/t35-/m1/s1. The van der Waals surface area contributed by atoms with Gasteiger partial charge in [0, 0.05) is 57.4 Å². The number of rotatable bonds is 11. The van der Waals surface area contributed by atoms with E-state index >= 15 is 0 Å². The molecular weight excluding hydrogens is 779 g/mol. The van der Waals surface area contributed by atoms with Gasteiger partial charge in [-0.2, -0.15) is 13.2 Å². The van der Waals surface area contributed by atoms with E-state index in [2.05, 4.69) is 10.2 Å². The Balaban J connectivity index is 1.06. The summed E-state index contributed by atoms with van der Waals surface area (Å²) in [6, 6.07) is 9.49. The van der Waals surface area contributed by atoms with Crippen molar-refractivity contribution >= 4 is 47.0 Å². The Morgan fingerprint density at radius 2 is 1.57 bits per heavy atom. The molecule has 17 heteroatoms. The van der Waals surface area contributed by atoms with E-state index < -0.39 is 35.5 Å². The first kappa shape index (κ1) is 43.3. The zero-order chi connectivity index (χ0) is 41.6. The molecule has 0 saturated carbocycles. The molecule has 4 aliphatic heterocycles. The average Bonchev–Trinajstić information content (AvgIpc) is 3.36. The van der Waals surface area contributed by atoms with Crippen LogP contribution in [0.3, 0.4) is 0 Å². The van der Waals surface area contributed by atoms with Gasteiger partial charge in [0.05, 0.1) is 22.8 Å². The molecular formula is C41H55ClF3N7O6. The number of anilines is 2. The van der Waals surface area contributed by atoms with Gasteiger partial charge in [0.25, 0.3) is 5.91 Å². The molecule has 0 bridgehead atoms. The van der Waals surface area contributed by atoms with Gasteiger partial charge in [0.2, 0.25) is 0 Å². The molecule has 3 fully saturated rings. The van der Waals surface area contributed by atoms with Crippen molar-refractivity contribution in [2.45, 2.75) is 69.7 Å². The number of nitrogens with zero attached hydrogens (tertiary/aromatic N) is 5. The largest absolute Gasteiger partial charge is 0.463 e. The van der Waals surface area contributed by atoms with Gasteiger partial charge in [0.15, 0.2) is 6.10 Å². The van der Waals surface area contributed by atoms with Crippen LogP contribution in [0.5, 0.6) is 0 Å². The number of para-hydroxylation sites is 1. The Labute approximate surface area is 342 Å². The highest BCUT2D eigenvalue weighted by atomic mass is 35.5. The molecule has 4 amide bonds. The summed E-state index contributed by atoms with van der Waals surface area (Å²) in [6.45, 7) is 4.77. The number of amides is 4. The Bertz CT molecular complexity index is 1780. The first-order chi connectivity index (χ1) is 27.7. The third-order valence-corrected chi connectivity index (χ3v) is 12.4. The summed E-state index contributed by atoms with van der Waals surface area (Å²) in [5.41, 5.74) is 5.85. The number of alkyl halides is 3. The fourth-order valence-electron chi connectivity index (χ4n) is 8.66. The van der Waals surface area contributed by atoms with Gasteiger partial charge in [-0.15, -0.1) is 0 Å². The van der Waals surface area contributed by atoms with Gasteiger partial charge in [-0.05, 0) is 113 Å². The van der Waals surface area contributed by atoms with Crippen molar-refractivity contribution in [1.29, 1.82) is 0 Å². The number of nitrogen functional groups attached to an aromatic ring is 1. The summed E-state index contributed by atoms with van der Waals surface area (Å²) >= 11 is 6.15. The van der Waals surface area contributed by atoms with E-state index in [1.807, 2.05) is 43.3 Å². The van der Waals surface area contributed by atoms with Crippen LogP contribution in [-0.2, 0) is 38.1 Å². The molecule has 13 nitrogen and oxygen atoms in total. The zero-order valence-corrected chi connectivity index (χ0v) is 34.0. The number of halogens is 4. The lowest BCUT2D eigenvalue weighted by Gasteiger charge is -2.41. The summed E-state index contributed by atoms with van der Waals surface area (Å²) in [7, 11) is 3.84. The van der Waals surface area contributed by atoms with Crippen molar-refractivity contribution in [2.24, 2.45) is 11.8 Å². The molecule has 0 aliphatic carbocycles. The number of likely N-dealkylation sites (N-methyl/N-ethyl adjacent to an activating group) is 1. The molecule has 0 aromatic heterocycles. The average molecular weight is 834 g/mol. The van der Waals surface area contributed by atoms with E-state index in [1.54, 1.807) is 9.80 Å². The van der Waals surface area contributed by atoms with Gasteiger partial charge in [-0.25, -0.2) is 9.59 Å². The molecule has 3 saturated heterocycles. The van der Waals surface area contributed by atoms with Crippen LogP contribution in [0.4, 0.5) is 34.1 Å². The summed E-state index contributed by atoms with van der Waals surface area (Å²) in [6.07, 6.45) is -2.26. The Morgan fingerprint density at radius 1 is 0.931 bits per heavy atom. The number of fused-ring (bicyclic) bond motifs is 1. The molecule has 3 N–H and O–H groups in total. The van der Waals surface area contributed by atoms with Gasteiger partial charge in [0.1, 0.15) is 6.61 Å². The first-order valence-electron chi connectivity index (χ1n) is 20.2. The molecule has 0 radical (unpaired) electrons. The number of carbonyl (C=O) groups is 4. The van der Waals surface area contributed by atoms with Crippen molar-refractivity contribution in [3.05, 3.63) is 58.1 Å². The highest BCUT2D eigenvalue weighted by Gasteiger charge is 2.39. The molecule has 4 heterocycles. The number of benzene rings is 2. The number of hydrogen-bond donors (Lipinski definition) is 2.